The van der Waals surface area contributed by atoms with E-state index in [-0.39, 0.29) is 30.1 Å². The van der Waals surface area contributed by atoms with Crippen LogP contribution < -0.4 is 0 Å². The third kappa shape index (κ3) is 5.21. The van der Waals surface area contributed by atoms with Gasteiger partial charge in [0, 0.05) is 0 Å². The number of esters is 1. The van der Waals surface area contributed by atoms with Gasteiger partial charge in [-0.1, -0.05) is 13.8 Å². The Bertz CT molecular complexity index is 760. The van der Waals surface area contributed by atoms with Crippen molar-refractivity contribution in [3.05, 3.63) is 0 Å². The third-order valence-corrected chi connectivity index (χ3v) is 6.92. The van der Waals surface area contributed by atoms with Crippen LogP contribution in [0.2, 0.25) is 0 Å². The molecule has 2 aliphatic rings. The molecule has 2 bridgehead atoms. The lowest BCUT2D eigenvalue weighted by Crippen LogP contribution is -2.59. The van der Waals surface area contributed by atoms with Crippen LogP contribution in [0.5, 0.6) is 0 Å². The van der Waals surface area contributed by atoms with Crippen LogP contribution in [0.15, 0.2) is 0 Å². The Kier molecular flexibility index (Phi) is 7.28. The van der Waals surface area contributed by atoms with Crippen molar-refractivity contribution in [1.29, 1.82) is 0 Å². The van der Waals surface area contributed by atoms with Crippen molar-refractivity contribution in [2.75, 3.05) is 6.61 Å². The standard InChI is InChI=1S/C19H21F13O2/c1-8-9(2)11-3-10(8)4-12(11)13(33)34-7-17(26,27)14(20,21)5-15(22,23)19(31,32)16(24,25)6-18(28,29)30/h8-12H,3-7H2,1-2H3. The second-order valence-corrected chi connectivity index (χ2v) is 9.19. The minimum Gasteiger partial charge on any atom is -0.459 e. The molecule has 0 spiro atoms. The average molecular weight is 528 g/mol. The summed E-state index contributed by atoms with van der Waals surface area (Å²) in [6.45, 7) is 1.17. The van der Waals surface area contributed by atoms with Crippen molar-refractivity contribution < 1.29 is 66.6 Å². The van der Waals surface area contributed by atoms with Gasteiger partial charge in [-0.15, -0.1) is 0 Å². The first-order valence-corrected chi connectivity index (χ1v) is 10.1. The van der Waals surface area contributed by atoms with E-state index in [4.69, 9.17) is 0 Å². The van der Waals surface area contributed by atoms with Gasteiger partial charge >= 0.3 is 41.8 Å². The van der Waals surface area contributed by atoms with Crippen molar-refractivity contribution >= 4 is 5.97 Å². The van der Waals surface area contributed by atoms with Crippen molar-refractivity contribution in [3.63, 3.8) is 0 Å². The maximum atomic E-state index is 13.9. The van der Waals surface area contributed by atoms with E-state index < -0.39 is 67.1 Å². The van der Waals surface area contributed by atoms with Gasteiger partial charge in [0.05, 0.1) is 12.3 Å². The number of fused-ring (bicyclic) bond motifs is 2. The zero-order valence-electron chi connectivity index (χ0n) is 17.7. The van der Waals surface area contributed by atoms with Crippen molar-refractivity contribution in [3.8, 4) is 0 Å². The number of ether oxygens (including phenoxy) is 1. The molecule has 2 saturated carbocycles. The van der Waals surface area contributed by atoms with Crippen LogP contribution in [-0.2, 0) is 9.53 Å². The van der Waals surface area contributed by atoms with Crippen LogP contribution in [0.25, 0.3) is 0 Å². The van der Waals surface area contributed by atoms with Gasteiger partial charge in [0.2, 0.25) is 0 Å². The largest absolute Gasteiger partial charge is 0.459 e. The van der Waals surface area contributed by atoms with E-state index >= 15 is 0 Å². The van der Waals surface area contributed by atoms with Gasteiger partial charge in [-0.3, -0.25) is 4.79 Å². The molecule has 0 heterocycles. The summed E-state index contributed by atoms with van der Waals surface area (Å²) in [7, 11) is 0. The molecule has 2 fully saturated rings. The van der Waals surface area contributed by atoms with Gasteiger partial charge < -0.3 is 4.74 Å². The van der Waals surface area contributed by atoms with E-state index in [0.29, 0.717) is 6.42 Å². The lowest BCUT2D eigenvalue weighted by molar-refractivity contribution is -0.351. The van der Waals surface area contributed by atoms with Crippen LogP contribution in [0.4, 0.5) is 57.1 Å². The highest BCUT2D eigenvalue weighted by molar-refractivity contribution is 5.73. The lowest BCUT2D eigenvalue weighted by atomic mass is 9.76. The molecule has 0 radical (unpaired) electrons. The molecule has 2 aliphatic carbocycles. The Morgan fingerprint density at radius 3 is 1.65 bits per heavy atom. The number of carbonyl (C=O) groups excluding carboxylic acids is 1. The number of rotatable bonds is 9. The number of halogens is 13. The molecule has 5 atom stereocenters. The molecule has 2 nitrogen and oxygen atoms in total. The fourth-order valence-electron chi connectivity index (χ4n) is 4.74. The maximum absolute atomic E-state index is 13.9. The SMILES string of the molecule is CC1C2CC(C(=O)OCC(F)(F)C(F)(F)CC(F)(F)C(F)(F)C(F)(F)CC(F)(F)F)C(C2)C1C. The highest BCUT2D eigenvalue weighted by Crippen LogP contribution is 2.56. The van der Waals surface area contributed by atoms with Crippen molar-refractivity contribution in [1.82, 2.24) is 0 Å². The summed E-state index contributed by atoms with van der Waals surface area (Å²) in [5.41, 5.74) is 0. The fourth-order valence-corrected chi connectivity index (χ4v) is 4.74. The second-order valence-electron chi connectivity index (χ2n) is 9.19. The van der Waals surface area contributed by atoms with Crippen molar-refractivity contribution in [2.24, 2.45) is 29.6 Å². The fraction of sp³-hybridized carbons (Fsp3) is 0.947. The van der Waals surface area contributed by atoms with E-state index in [1.165, 1.54) is 0 Å². The first-order chi connectivity index (χ1) is 15.0. The third-order valence-electron chi connectivity index (χ3n) is 6.92. The van der Waals surface area contributed by atoms with E-state index in [2.05, 4.69) is 4.74 Å². The number of alkyl halides is 13. The summed E-state index contributed by atoms with van der Waals surface area (Å²) < 4.78 is 176. The van der Waals surface area contributed by atoms with E-state index in [0.717, 1.165) is 0 Å². The topological polar surface area (TPSA) is 26.3 Å². The summed E-state index contributed by atoms with van der Waals surface area (Å²) in [4.78, 5) is 12.1. The molecule has 34 heavy (non-hydrogen) atoms. The summed E-state index contributed by atoms with van der Waals surface area (Å²) in [5.74, 6) is -34.5. The van der Waals surface area contributed by atoms with Crippen molar-refractivity contribution in [2.45, 2.75) is 75.3 Å². The van der Waals surface area contributed by atoms with E-state index in [1.807, 2.05) is 6.92 Å². The molecule has 0 amide bonds. The molecule has 0 N–H and O–H groups in total. The summed E-state index contributed by atoms with van der Waals surface area (Å²) >= 11 is 0. The molecule has 2 rings (SSSR count). The van der Waals surface area contributed by atoms with Crippen LogP contribution in [0.1, 0.15) is 39.5 Å². The van der Waals surface area contributed by atoms with E-state index in [9.17, 15) is 61.9 Å². The number of carbonyl (C=O) groups is 1. The Labute approximate surface area is 185 Å². The van der Waals surface area contributed by atoms with Gasteiger partial charge in [0.25, 0.3) is 0 Å². The summed E-state index contributed by atoms with van der Waals surface area (Å²) in [5, 5.41) is 0. The van der Waals surface area contributed by atoms with Crippen LogP contribution in [0.3, 0.4) is 0 Å². The Balaban J connectivity index is 2.09. The summed E-state index contributed by atoms with van der Waals surface area (Å²) in [6, 6.07) is 0. The molecular formula is C19H21F13O2. The lowest BCUT2D eigenvalue weighted by Gasteiger charge is -2.36. The molecule has 0 saturated heterocycles. The zero-order valence-corrected chi connectivity index (χ0v) is 17.7. The van der Waals surface area contributed by atoms with Gasteiger partial charge in [-0.05, 0) is 36.5 Å². The molecule has 0 aromatic heterocycles. The molecule has 0 aromatic rings. The molecule has 15 heteroatoms. The predicted molar refractivity (Wildman–Crippen MR) is 89.0 cm³/mol. The molecule has 5 unspecified atom stereocenters. The highest BCUT2D eigenvalue weighted by Gasteiger charge is 2.76. The predicted octanol–water partition coefficient (Wildman–Crippen LogP) is 6.98. The van der Waals surface area contributed by atoms with Gasteiger partial charge in [0.1, 0.15) is 6.42 Å². The molecule has 0 aliphatic heterocycles. The monoisotopic (exact) mass is 528 g/mol. The normalized spacial score (nSPS) is 29.0. The Morgan fingerprint density at radius 2 is 1.21 bits per heavy atom. The van der Waals surface area contributed by atoms with Crippen LogP contribution in [0, 0.1) is 29.6 Å². The van der Waals surface area contributed by atoms with Crippen LogP contribution >= 0.6 is 0 Å². The van der Waals surface area contributed by atoms with Crippen LogP contribution in [-0.4, -0.2) is 48.4 Å². The number of hydrogen-bond donors (Lipinski definition) is 0. The van der Waals surface area contributed by atoms with Gasteiger partial charge in [-0.2, -0.15) is 57.1 Å². The van der Waals surface area contributed by atoms with Gasteiger partial charge in [0.15, 0.2) is 6.61 Å². The first-order valence-electron chi connectivity index (χ1n) is 10.1. The minimum absolute atomic E-state index is 0.0162. The Morgan fingerprint density at radius 1 is 0.706 bits per heavy atom. The molecule has 0 aromatic carbocycles. The molecular weight excluding hydrogens is 507 g/mol. The Hall–Kier alpha value is -1.44. The maximum Gasteiger partial charge on any atom is 0.395 e. The second kappa shape index (κ2) is 8.59. The number of hydrogen-bond acceptors (Lipinski definition) is 2. The summed E-state index contributed by atoms with van der Waals surface area (Å²) in [6.07, 6.45) is -13.0. The first kappa shape index (κ1) is 28.8. The van der Waals surface area contributed by atoms with E-state index in [1.54, 1.807) is 6.92 Å². The quantitative estimate of drug-likeness (QED) is 0.239. The molecule has 200 valence electrons. The smallest absolute Gasteiger partial charge is 0.395 e. The minimum atomic E-state index is -7.05. The highest BCUT2D eigenvalue weighted by atomic mass is 19.4. The zero-order chi connectivity index (χ0) is 26.7. The average Bonchev–Trinajstić information content (AvgIpc) is 3.16. The van der Waals surface area contributed by atoms with Gasteiger partial charge in [-0.25, -0.2) is 0 Å².